The second-order valence-corrected chi connectivity index (χ2v) is 4.23. The van der Waals surface area contributed by atoms with Crippen LogP contribution < -0.4 is 0 Å². The van der Waals surface area contributed by atoms with Crippen molar-refractivity contribution >= 4 is 0 Å². The fourth-order valence-corrected chi connectivity index (χ4v) is 2.07. The maximum atomic E-state index is 8.73. The molecular weight excluding hydrogens is 200 g/mol. The van der Waals surface area contributed by atoms with Crippen molar-refractivity contribution in [2.75, 3.05) is 0 Å². The highest BCUT2D eigenvalue weighted by Gasteiger charge is 2.13. The molecular formula is C13H16N2O. The van der Waals surface area contributed by atoms with Crippen LogP contribution in [0.5, 0.6) is 0 Å². The first-order valence-electron chi connectivity index (χ1n) is 5.85. The van der Waals surface area contributed by atoms with E-state index in [0.717, 1.165) is 5.56 Å². The molecule has 0 saturated heterocycles. The summed E-state index contributed by atoms with van der Waals surface area (Å²) in [5.41, 5.74) is 1.50. The summed E-state index contributed by atoms with van der Waals surface area (Å²) in [6.07, 6.45) is 8.33. The lowest BCUT2D eigenvalue weighted by Gasteiger charge is -2.21. The molecule has 0 aromatic carbocycles. The van der Waals surface area contributed by atoms with Gasteiger partial charge in [-0.1, -0.05) is 19.3 Å². The molecule has 0 aliphatic heterocycles. The first kappa shape index (κ1) is 11.1. The Morgan fingerprint density at radius 2 is 2.19 bits per heavy atom. The second kappa shape index (κ2) is 5.62. The normalized spacial score (nSPS) is 16.9. The molecule has 0 atom stereocenters. The van der Waals surface area contributed by atoms with Gasteiger partial charge in [0.05, 0.1) is 12.7 Å². The average Bonchev–Trinajstić information content (AvgIpc) is 2.38. The first-order valence-corrected chi connectivity index (χ1v) is 5.85. The fraction of sp³-hybridized carbons (Fsp3) is 0.538. The molecule has 0 spiro atoms. The zero-order valence-corrected chi connectivity index (χ0v) is 9.35. The zero-order chi connectivity index (χ0) is 11.2. The summed E-state index contributed by atoms with van der Waals surface area (Å²) in [4.78, 5) is 3.94. The zero-order valence-electron chi connectivity index (χ0n) is 9.35. The first-order chi connectivity index (χ1) is 7.88. The lowest BCUT2D eigenvalue weighted by atomic mass is 9.98. The largest absolute Gasteiger partial charge is 0.374 e. The SMILES string of the molecule is N#Cc1cc(COC2CCCCC2)ccn1. The van der Waals surface area contributed by atoms with Crippen molar-refractivity contribution in [1.29, 1.82) is 5.26 Å². The summed E-state index contributed by atoms with van der Waals surface area (Å²) in [6, 6.07) is 5.74. The van der Waals surface area contributed by atoms with Crippen LogP contribution in [0.3, 0.4) is 0 Å². The average molecular weight is 216 g/mol. The topological polar surface area (TPSA) is 45.9 Å². The number of nitriles is 1. The minimum atomic E-state index is 0.410. The Labute approximate surface area is 96.1 Å². The number of hydrogen-bond acceptors (Lipinski definition) is 3. The molecule has 84 valence electrons. The fourth-order valence-electron chi connectivity index (χ4n) is 2.07. The standard InChI is InChI=1S/C13H16N2O/c14-9-12-8-11(6-7-15-12)10-16-13-4-2-1-3-5-13/h6-8,13H,1-5,10H2. The number of ether oxygens (including phenoxy) is 1. The Morgan fingerprint density at radius 3 is 2.94 bits per heavy atom. The van der Waals surface area contributed by atoms with Crippen molar-refractivity contribution < 1.29 is 4.74 Å². The molecule has 2 rings (SSSR count). The third-order valence-electron chi connectivity index (χ3n) is 2.98. The van der Waals surface area contributed by atoms with Crippen molar-refractivity contribution in [2.24, 2.45) is 0 Å². The molecule has 1 saturated carbocycles. The maximum Gasteiger partial charge on any atom is 0.140 e. The van der Waals surface area contributed by atoms with E-state index in [4.69, 9.17) is 10.00 Å². The van der Waals surface area contributed by atoms with Gasteiger partial charge in [0.1, 0.15) is 11.8 Å². The van der Waals surface area contributed by atoms with Gasteiger partial charge in [-0.15, -0.1) is 0 Å². The lowest BCUT2D eigenvalue weighted by molar-refractivity contribution is 0.0168. The van der Waals surface area contributed by atoms with Crippen molar-refractivity contribution in [3.8, 4) is 6.07 Å². The van der Waals surface area contributed by atoms with Gasteiger partial charge in [0.2, 0.25) is 0 Å². The minimum absolute atomic E-state index is 0.410. The van der Waals surface area contributed by atoms with E-state index in [2.05, 4.69) is 4.98 Å². The molecule has 0 amide bonds. The number of hydrogen-bond donors (Lipinski definition) is 0. The van der Waals surface area contributed by atoms with Crippen LogP contribution in [0.1, 0.15) is 43.4 Å². The van der Waals surface area contributed by atoms with Crippen LogP contribution in [0, 0.1) is 11.3 Å². The Morgan fingerprint density at radius 1 is 1.38 bits per heavy atom. The lowest BCUT2D eigenvalue weighted by Crippen LogP contribution is -2.16. The van der Waals surface area contributed by atoms with Gasteiger partial charge < -0.3 is 4.74 Å². The van der Waals surface area contributed by atoms with Crippen LogP contribution in [0.25, 0.3) is 0 Å². The van der Waals surface area contributed by atoms with E-state index in [1.807, 2.05) is 12.1 Å². The predicted octanol–water partition coefficient (Wildman–Crippen LogP) is 2.80. The third kappa shape index (κ3) is 3.04. The van der Waals surface area contributed by atoms with E-state index in [1.54, 1.807) is 12.3 Å². The second-order valence-electron chi connectivity index (χ2n) is 4.23. The molecule has 1 aromatic rings. The van der Waals surface area contributed by atoms with Gasteiger partial charge >= 0.3 is 0 Å². The summed E-state index contributed by atoms with van der Waals surface area (Å²) in [7, 11) is 0. The van der Waals surface area contributed by atoms with Crippen molar-refractivity contribution in [2.45, 2.75) is 44.8 Å². The molecule has 0 unspecified atom stereocenters. The number of aromatic nitrogens is 1. The Bertz CT molecular complexity index is 378. The number of rotatable bonds is 3. The number of nitrogens with zero attached hydrogens (tertiary/aromatic N) is 2. The van der Waals surface area contributed by atoms with E-state index < -0.39 is 0 Å². The highest BCUT2D eigenvalue weighted by atomic mass is 16.5. The maximum absolute atomic E-state index is 8.73. The van der Waals surface area contributed by atoms with Crippen molar-refractivity contribution in [3.05, 3.63) is 29.6 Å². The summed E-state index contributed by atoms with van der Waals surface area (Å²) in [6.45, 7) is 0.599. The smallest absolute Gasteiger partial charge is 0.140 e. The van der Waals surface area contributed by atoms with Crippen LogP contribution in [0.2, 0.25) is 0 Å². The molecule has 1 aliphatic rings. The minimum Gasteiger partial charge on any atom is -0.374 e. The predicted molar refractivity (Wildman–Crippen MR) is 60.6 cm³/mol. The van der Waals surface area contributed by atoms with Gasteiger partial charge in [-0.25, -0.2) is 4.98 Å². The molecule has 1 aliphatic carbocycles. The van der Waals surface area contributed by atoms with E-state index in [9.17, 15) is 0 Å². The van der Waals surface area contributed by atoms with Crippen LogP contribution in [0.15, 0.2) is 18.3 Å². The molecule has 0 bridgehead atoms. The van der Waals surface area contributed by atoms with Gasteiger partial charge in [0.25, 0.3) is 0 Å². The van der Waals surface area contributed by atoms with Crippen LogP contribution in [-0.4, -0.2) is 11.1 Å². The van der Waals surface area contributed by atoms with E-state index >= 15 is 0 Å². The summed E-state index contributed by atoms with van der Waals surface area (Å²) >= 11 is 0. The molecule has 1 aromatic heterocycles. The third-order valence-corrected chi connectivity index (χ3v) is 2.98. The Hall–Kier alpha value is -1.40. The summed E-state index contributed by atoms with van der Waals surface area (Å²) in [5, 5.41) is 8.73. The highest BCUT2D eigenvalue weighted by Crippen LogP contribution is 2.21. The van der Waals surface area contributed by atoms with Crippen LogP contribution >= 0.6 is 0 Å². The monoisotopic (exact) mass is 216 g/mol. The van der Waals surface area contributed by atoms with Gasteiger partial charge in [-0.2, -0.15) is 5.26 Å². The Kier molecular flexibility index (Phi) is 3.90. The molecule has 1 fully saturated rings. The quantitative estimate of drug-likeness (QED) is 0.780. The van der Waals surface area contributed by atoms with Crippen molar-refractivity contribution in [1.82, 2.24) is 4.98 Å². The van der Waals surface area contributed by atoms with Gasteiger partial charge in [-0.3, -0.25) is 0 Å². The van der Waals surface area contributed by atoms with Gasteiger partial charge in [0, 0.05) is 6.20 Å². The molecule has 16 heavy (non-hydrogen) atoms. The summed E-state index contributed by atoms with van der Waals surface area (Å²) in [5.74, 6) is 0. The molecule has 3 heteroatoms. The van der Waals surface area contributed by atoms with E-state index in [-0.39, 0.29) is 0 Å². The number of pyridine rings is 1. The summed E-state index contributed by atoms with van der Waals surface area (Å²) < 4.78 is 5.83. The van der Waals surface area contributed by atoms with Gasteiger partial charge in [-0.05, 0) is 30.5 Å². The molecule has 1 heterocycles. The molecule has 0 radical (unpaired) electrons. The van der Waals surface area contributed by atoms with E-state index in [1.165, 1.54) is 32.1 Å². The van der Waals surface area contributed by atoms with Gasteiger partial charge in [0.15, 0.2) is 0 Å². The Balaban J connectivity index is 1.86. The van der Waals surface area contributed by atoms with Crippen LogP contribution in [0.4, 0.5) is 0 Å². The van der Waals surface area contributed by atoms with Crippen molar-refractivity contribution in [3.63, 3.8) is 0 Å². The van der Waals surface area contributed by atoms with Crippen LogP contribution in [-0.2, 0) is 11.3 Å². The molecule has 3 nitrogen and oxygen atoms in total. The van der Waals surface area contributed by atoms with E-state index in [0.29, 0.717) is 18.4 Å². The molecule has 0 N–H and O–H groups in total. The highest BCUT2D eigenvalue weighted by molar-refractivity contribution is 5.24.